The monoisotopic (exact) mass is 296 g/mol. The van der Waals surface area contributed by atoms with Gasteiger partial charge in [0.1, 0.15) is 5.75 Å². The summed E-state index contributed by atoms with van der Waals surface area (Å²) in [6, 6.07) is 12.9. The van der Waals surface area contributed by atoms with Crippen molar-refractivity contribution in [2.75, 3.05) is 0 Å². The van der Waals surface area contributed by atoms with Crippen molar-refractivity contribution in [1.29, 1.82) is 0 Å². The van der Waals surface area contributed by atoms with Crippen LogP contribution in [0.2, 0.25) is 10.0 Å². The first-order chi connectivity index (χ1) is 9.08. The number of ketones is 1. The van der Waals surface area contributed by atoms with Gasteiger partial charge in [-0.05, 0) is 18.2 Å². The van der Waals surface area contributed by atoms with Crippen LogP contribution in [-0.4, -0.2) is 17.2 Å². The normalized spacial score (nSPS) is 11.9. The largest absolute Gasteiger partial charge is 0.456 e. The minimum Gasteiger partial charge on any atom is -0.456 e. The van der Waals surface area contributed by atoms with E-state index in [1.165, 1.54) is 12.1 Å². The summed E-state index contributed by atoms with van der Waals surface area (Å²) in [5.74, 6) is -0.338. The number of aliphatic hydroxyl groups is 1. The summed E-state index contributed by atoms with van der Waals surface area (Å²) in [4.78, 5) is 11.9. The van der Waals surface area contributed by atoms with E-state index in [-0.39, 0.29) is 10.8 Å². The molecule has 0 aliphatic heterocycles. The highest BCUT2D eigenvalue weighted by Crippen LogP contribution is 2.28. The van der Waals surface area contributed by atoms with Gasteiger partial charge in [-0.25, -0.2) is 0 Å². The third-order valence-corrected chi connectivity index (χ3v) is 2.95. The summed E-state index contributed by atoms with van der Waals surface area (Å²) in [5.41, 5.74) is 0.361. The Morgan fingerprint density at radius 2 is 1.79 bits per heavy atom. The first-order valence-corrected chi connectivity index (χ1v) is 6.22. The minimum atomic E-state index is -1.61. The van der Waals surface area contributed by atoms with Crippen LogP contribution >= 0.6 is 23.2 Å². The molecule has 1 unspecified atom stereocenters. The second-order valence-corrected chi connectivity index (χ2v) is 4.62. The molecule has 0 aliphatic carbocycles. The van der Waals surface area contributed by atoms with Gasteiger partial charge in [-0.15, -0.1) is 0 Å². The molecule has 0 spiro atoms. The maximum absolute atomic E-state index is 11.9. The van der Waals surface area contributed by atoms with Crippen molar-refractivity contribution in [1.82, 2.24) is 0 Å². The number of Topliss-reactive ketones (excluding diaryl/α,β-unsaturated/α-hetero) is 1. The molecular weight excluding hydrogens is 287 g/mol. The van der Waals surface area contributed by atoms with Crippen LogP contribution in [0.5, 0.6) is 5.75 Å². The Labute approximate surface area is 120 Å². The van der Waals surface area contributed by atoms with Gasteiger partial charge in [0.15, 0.2) is 0 Å². The van der Waals surface area contributed by atoms with Crippen molar-refractivity contribution in [2.24, 2.45) is 0 Å². The van der Waals surface area contributed by atoms with Crippen LogP contribution in [0.15, 0.2) is 48.5 Å². The molecule has 0 saturated heterocycles. The molecule has 5 heteroatoms. The van der Waals surface area contributed by atoms with Gasteiger partial charge in [0.05, 0.1) is 5.02 Å². The quantitative estimate of drug-likeness (QED) is 0.693. The number of benzene rings is 2. The molecule has 0 amide bonds. The summed E-state index contributed by atoms with van der Waals surface area (Å²) in [6.07, 6.45) is -1.61. The maximum atomic E-state index is 11.9. The molecule has 2 aromatic rings. The first kappa shape index (κ1) is 13.9. The third kappa shape index (κ3) is 3.47. The Morgan fingerprint density at radius 1 is 1.11 bits per heavy atom. The predicted octanol–water partition coefficient (Wildman–Crippen LogP) is 3.57. The number of hydrogen-bond donors (Lipinski definition) is 1. The zero-order valence-corrected chi connectivity index (χ0v) is 11.2. The van der Waals surface area contributed by atoms with Crippen molar-refractivity contribution >= 4 is 29.0 Å². The highest BCUT2D eigenvalue weighted by molar-refractivity contribution is 6.35. The predicted molar refractivity (Wildman–Crippen MR) is 73.9 cm³/mol. The van der Waals surface area contributed by atoms with E-state index in [1.807, 2.05) is 0 Å². The summed E-state index contributed by atoms with van der Waals surface area (Å²) >= 11 is 11.6. The second kappa shape index (κ2) is 6.06. The highest BCUT2D eigenvalue weighted by atomic mass is 35.5. The fourth-order valence-corrected chi connectivity index (χ4v) is 1.94. The smallest absolute Gasteiger partial charge is 0.262 e. The zero-order chi connectivity index (χ0) is 13.8. The lowest BCUT2D eigenvalue weighted by atomic mass is 10.1. The van der Waals surface area contributed by atoms with E-state index >= 15 is 0 Å². The maximum Gasteiger partial charge on any atom is 0.262 e. The average molecular weight is 297 g/mol. The van der Waals surface area contributed by atoms with Gasteiger partial charge in [-0.1, -0.05) is 53.5 Å². The zero-order valence-electron chi connectivity index (χ0n) is 9.72. The number of halogens is 2. The van der Waals surface area contributed by atoms with Crippen LogP contribution in [-0.2, 0) is 0 Å². The molecule has 1 N–H and O–H groups in total. The van der Waals surface area contributed by atoms with Gasteiger partial charge in [0.2, 0.25) is 5.78 Å². The highest BCUT2D eigenvalue weighted by Gasteiger charge is 2.19. The van der Waals surface area contributed by atoms with Crippen LogP contribution in [0.4, 0.5) is 0 Å². The third-order valence-electron chi connectivity index (χ3n) is 2.42. The molecular formula is C14H10Cl2O3. The Kier molecular flexibility index (Phi) is 4.43. The van der Waals surface area contributed by atoms with Crippen LogP contribution in [0, 0.1) is 0 Å². The average Bonchev–Trinajstić information content (AvgIpc) is 2.42. The molecule has 0 aliphatic rings. The van der Waals surface area contributed by atoms with Crippen molar-refractivity contribution in [3.05, 3.63) is 64.1 Å². The lowest BCUT2D eigenvalue weighted by Crippen LogP contribution is -2.26. The van der Waals surface area contributed by atoms with E-state index in [0.717, 1.165) is 0 Å². The molecule has 0 aromatic heterocycles. The molecule has 0 heterocycles. The van der Waals surface area contributed by atoms with Crippen molar-refractivity contribution in [3.8, 4) is 5.75 Å². The topological polar surface area (TPSA) is 46.5 Å². The molecule has 2 aromatic carbocycles. The second-order valence-electron chi connectivity index (χ2n) is 3.78. The number of carbonyl (C=O) groups is 1. The summed E-state index contributed by atoms with van der Waals surface area (Å²) < 4.78 is 5.13. The van der Waals surface area contributed by atoms with Crippen LogP contribution in [0.25, 0.3) is 0 Å². The molecule has 2 rings (SSSR count). The fraction of sp³-hybridized carbons (Fsp3) is 0.0714. The van der Waals surface area contributed by atoms with E-state index in [1.54, 1.807) is 36.4 Å². The molecule has 0 fully saturated rings. The molecule has 3 nitrogen and oxygen atoms in total. The van der Waals surface area contributed by atoms with Crippen LogP contribution in [0.3, 0.4) is 0 Å². The number of rotatable bonds is 4. The Morgan fingerprint density at radius 3 is 2.42 bits per heavy atom. The van der Waals surface area contributed by atoms with E-state index in [9.17, 15) is 9.90 Å². The van der Waals surface area contributed by atoms with Gasteiger partial charge in [0.25, 0.3) is 6.29 Å². The molecule has 98 valence electrons. The van der Waals surface area contributed by atoms with E-state index in [0.29, 0.717) is 10.6 Å². The van der Waals surface area contributed by atoms with E-state index in [2.05, 4.69) is 0 Å². The van der Waals surface area contributed by atoms with Gasteiger partial charge < -0.3 is 9.84 Å². The van der Waals surface area contributed by atoms with Gasteiger partial charge >= 0.3 is 0 Å². The SMILES string of the molecule is O=C(c1ccccc1)C(O)Oc1ccc(Cl)cc1Cl. The van der Waals surface area contributed by atoms with E-state index in [4.69, 9.17) is 27.9 Å². The van der Waals surface area contributed by atoms with Gasteiger partial charge in [0, 0.05) is 10.6 Å². The summed E-state index contributed by atoms with van der Waals surface area (Å²) in [6.45, 7) is 0. The standard InChI is InChI=1S/C14H10Cl2O3/c15-10-6-7-12(11(16)8-10)19-14(18)13(17)9-4-2-1-3-5-9/h1-8,14,18H. The summed E-state index contributed by atoms with van der Waals surface area (Å²) in [5, 5.41) is 10.4. The molecule has 0 saturated carbocycles. The Balaban J connectivity index is 2.13. The molecule has 0 bridgehead atoms. The molecule has 1 atom stereocenters. The Hall–Kier alpha value is -1.55. The fourth-order valence-electron chi connectivity index (χ4n) is 1.49. The van der Waals surface area contributed by atoms with Gasteiger partial charge in [-0.2, -0.15) is 0 Å². The summed E-state index contributed by atoms with van der Waals surface area (Å²) in [7, 11) is 0. The lowest BCUT2D eigenvalue weighted by Gasteiger charge is -2.13. The van der Waals surface area contributed by atoms with Crippen LogP contribution < -0.4 is 4.74 Å². The lowest BCUT2D eigenvalue weighted by molar-refractivity contribution is -0.00288. The minimum absolute atomic E-state index is 0.197. The van der Waals surface area contributed by atoms with Crippen LogP contribution in [0.1, 0.15) is 10.4 Å². The first-order valence-electron chi connectivity index (χ1n) is 5.47. The van der Waals surface area contributed by atoms with E-state index < -0.39 is 12.1 Å². The van der Waals surface area contributed by atoms with Crippen molar-refractivity contribution < 1.29 is 14.6 Å². The number of aliphatic hydroxyl groups excluding tert-OH is 1. The molecule has 0 radical (unpaired) electrons. The molecule has 19 heavy (non-hydrogen) atoms. The van der Waals surface area contributed by atoms with Crippen molar-refractivity contribution in [2.45, 2.75) is 6.29 Å². The van der Waals surface area contributed by atoms with Crippen molar-refractivity contribution in [3.63, 3.8) is 0 Å². The number of carbonyl (C=O) groups excluding carboxylic acids is 1. The Bertz CT molecular complexity index is 584. The van der Waals surface area contributed by atoms with Gasteiger partial charge in [-0.3, -0.25) is 4.79 Å². The number of ether oxygens (including phenoxy) is 1. The number of hydrogen-bond acceptors (Lipinski definition) is 3.